The molecule has 1 aliphatic heterocycles. The maximum absolute atomic E-state index is 12.2. The van der Waals surface area contributed by atoms with Gasteiger partial charge in [0.25, 0.3) is 5.91 Å². The van der Waals surface area contributed by atoms with Crippen LogP contribution in [0, 0.1) is 5.92 Å². The Morgan fingerprint density at radius 1 is 1.25 bits per heavy atom. The number of anilines is 1. The summed E-state index contributed by atoms with van der Waals surface area (Å²) in [6.45, 7) is 6.19. The van der Waals surface area contributed by atoms with Crippen molar-refractivity contribution in [3.63, 3.8) is 0 Å². The minimum Gasteiger partial charge on any atom is -0.334 e. The average molecular weight is 293 g/mol. The molecule has 0 radical (unpaired) electrons. The van der Waals surface area contributed by atoms with E-state index in [1.807, 2.05) is 25.1 Å². The molecule has 1 heterocycles. The van der Waals surface area contributed by atoms with Crippen LogP contribution in [0.2, 0.25) is 0 Å². The van der Waals surface area contributed by atoms with Crippen molar-refractivity contribution in [1.82, 2.24) is 0 Å². The number of allylic oxidation sites excluding steroid dienone is 1. The molecule has 0 fully saturated rings. The van der Waals surface area contributed by atoms with Crippen LogP contribution >= 0.6 is 8.38 Å². The summed E-state index contributed by atoms with van der Waals surface area (Å²) in [7, 11) is 2.17. The van der Waals surface area contributed by atoms with Crippen molar-refractivity contribution in [2.45, 2.75) is 20.8 Å². The normalized spacial score (nSPS) is 16.6. The quantitative estimate of drug-likeness (QED) is 0.684. The van der Waals surface area contributed by atoms with Crippen molar-refractivity contribution in [3.05, 3.63) is 29.3 Å². The molecule has 0 bridgehead atoms. The number of carbonyl (C=O) groups is 1. The lowest BCUT2D eigenvalue weighted by atomic mass is 9.95. The molecule has 5 heteroatoms. The van der Waals surface area contributed by atoms with E-state index in [1.165, 1.54) is 0 Å². The lowest BCUT2D eigenvalue weighted by Crippen LogP contribution is -2.07. The fourth-order valence-corrected chi connectivity index (χ4v) is 3.24. The van der Waals surface area contributed by atoms with Gasteiger partial charge < -0.3 is 14.4 Å². The van der Waals surface area contributed by atoms with Crippen LogP contribution in [0.3, 0.4) is 0 Å². The Hall–Kier alpha value is -1.22. The van der Waals surface area contributed by atoms with Gasteiger partial charge >= 0.3 is 0 Å². The number of rotatable bonds is 4. The molecule has 2 rings (SSSR count). The largest absolute Gasteiger partial charge is 0.334 e. The molecule has 108 valence electrons. The van der Waals surface area contributed by atoms with E-state index >= 15 is 0 Å². The molecule has 0 spiro atoms. The Morgan fingerprint density at radius 3 is 2.45 bits per heavy atom. The van der Waals surface area contributed by atoms with Gasteiger partial charge in [-0.05, 0) is 31.0 Å². The Morgan fingerprint density at radius 2 is 1.90 bits per heavy atom. The molecule has 1 aliphatic rings. The number of fused-ring (bicyclic) bond motifs is 1. The number of carbonyl (C=O) groups excluding carboxylic acids is 1. The van der Waals surface area contributed by atoms with Gasteiger partial charge in [0.15, 0.2) is 0 Å². The third-order valence-corrected chi connectivity index (χ3v) is 4.91. The van der Waals surface area contributed by atoms with Crippen molar-refractivity contribution in [3.8, 4) is 0 Å². The third-order valence-electron chi connectivity index (χ3n) is 3.55. The predicted octanol–water partition coefficient (Wildman–Crippen LogP) is 3.30. The summed E-state index contributed by atoms with van der Waals surface area (Å²) in [5.41, 5.74) is 3.67. The van der Waals surface area contributed by atoms with Crippen molar-refractivity contribution < 1.29 is 13.8 Å². The Labute approximate surface area is 121 Å². The topological polar surface area (TPSA) is 47.6 Å². The van der Waals surface area contributed by atoms with Crippen LogP contribution < -0.4 is 10.6 Å². The lowest BCUT2D eigenvalue weighted by Gasteiger charge is -2.14. The van der Waals surface area contributed by atoms with Crippen LogP contribution in [0.1, 0.15) is 26.3 Å². The minimum absolute atomic E-state index is 0.0255. The molecule has 1 N–H and O–H groups in total. The molecule has 1 aromatic carbocycles. The van der Waals surface area contributed by atoms with E-state index in [9.17, 15) is 4.79 Å². The van der Waals surface area contributed by atoms with Gasteiger partial charge in [0, 0.05) is 36.3 Å². The molecular weight excluding hydrogens is 273 g/mol. The van der Waals surface area contributed by atoms with Gasteiger partial charge in [0.05, 0.1) is 0 Å². The molecule has 20 heavy (non-hydrogen) atoms. The summed E-state index contributed by atoms with van der Waals surface area (Å²) in [4.78, 5) is 12.2. The highest BCUT2D eigenvalue weighted by Gasteiger charge is 2.28. The summed E-state index contributed by atoms with van der Waals surface area (Å²) in [5, 5.41) is 3.88. The van der Waals surface area contributed by atoms with Crippen LogP contribution in [0.4, 0.5) is 5.69 Å². The SMILES string of the molecule is COP(OC)c1ccc2c(c1)/C(=C(\C)C(C)C)C(=O)N2. The number of nitrogens with one attached hydrogen (secondary N) is 1. The molecule has 1 aromatic rings. The van der Waals surface area contributed by atoms with Crippen molar-refractivity contribution in [2.75, 3.05) is 19.5 Å². The first-order chi connectivity index (χ1) is 9.49. The highest BCUT2D eigenvalue weighted by molar-refractivity contribution is 7.55. The Kier molecular flexibility index (Phi) is 4.59. The molecule has 0 unspecified atom stereocenters. The van der Waals surface area contributed by atoms with Crippen molar-refractivity contribution in [2.24, 2.45) is 5.92 Å². The monoisotopic (exact) mass is 293 g/mol. The van der Waals surface area contributed by atoms with E-state index in [2.05, 4.69) is 19.2 Å². The lowest BCUT2D eigenvalue weighted by molar-refractivity contribution is -0.110. The van der Waals surface area contributed by atoms with Gasteiger partial charge in [0.2, 0.25) is 8.38 Å². The second kappa shape index (κ2) is 6.04. The first-order valence-corrected chi connectivity index (χ1v) is 7.72. The maximum Gasteiger partial charge on any atom is 0.256 e. The fourth-order valence-electron chi connectivity index (χ4n) is 2.23. The molecular formula is C15H20NO3P. The summed E-state index contributed by atoms with van der Waals surface area (Å²) in [5.74, 6) is 0.305. The van der Waals surface area contributed by atoms with Crippen LogP contribution in [0.5, 0.6) is 0 Å². The molecule has 0 aliphatic carbocycles. The highest BCUT2D eigenvalue weighted by Crippen LogP contribution is 2.40. The predicted molar refractivity (Wildman–Crippen MR) is 83.1 cm³/mol. The highest BCUT2D eigenvalue weighted by atomic mass is 31.2. The van der Waals surface area contributed by atoms with Crippen molar-refractivity contribution >= 4 is 30.8 Å². The molecule has 1 amide bonds. The Balaban J connectivity index is 2.54. The minimum atomic E-state index is -1.09. The van der Waals surface area contributed by atoms with Gasteiger partial charge in [-0.25, -0.2) is 0 Å². The average Bonchev–Trinajstić information content (AvgIpc) is 2.74. The van der Waals surface area contributed by atoms with Crippen LogP contribution in [-0.4, -0.2) is 20.1 Å². The Bertz CT molecular complexity index is 562. The van der Waals surface area contributed by atoms with E-state index in [-0.39, 0.29) is 5.91 Å². The molecule has 0 saturated heterocycles. The first-order valence-electron chi connectivity index (χ1n) is 6.54. The smallest absolute Gasteiger partial charge is 0.256 e. The number of benzene rings is 1. The van der Waals surface area contributed by atoms with E-state index in [0.29, 0.717) is 5.92 Å². The van der Waals surface area contributed by atoms with E-state index < -0.39 is 8.38 Å². The number of hydrogen-bond acceptors (Lipinski definition) is 3. The van der Waals surface area contributed by atoms with Crippen LogP contribution in [0.15, 0.2) is 23.8 Å². The first kappa shape index (κ1) is 15.2. The maximum atomic E-state index is 12.2. The van der Waals surface area contributed by atoms with Crippen molar-refractivity contribution in [1.29, 1.82) is 0 Å². The molecule has 0 atom stereocenters. The van der Waals surface area contributed by atoms with Gasteiger partial charge in [-0.1, -0.05) is 19.4 Å². The zero-order chi connectivity index (χ0) is 14.9. The third kappa shape index (κ3) is 2.64. The number of amides is 1. The van der Waals surface area contributed by atoms with Gasteiger partial charge in [-0.2, -0.15) is 0 Å². The van der Waals surface area contributed by atoms with Crippen LogP contribution in [-0.2, 0) is 13.8 Å². The molecule has 4 nitrogen and oxygen atoms in total. The second-order valence-electron chi connectivity index (χ2n) is 5.02. The summed E-state index contributed by atoms with van der Waals surface area (Å²) in [6, 6.07) is 5.84. The number of hydrogen-bond donors (Lipinski definition) is 1. The second-order valence-corrected chi connectivity index (χ2v) is 6.78. The fraction of sp³-hybridized carbons (Fsp3) is 0.400. The summed E-state index contributed by atoms with van der Waals surface area (Å²) in [6.07, 6.45) is 0. The van der Waals surface area contributed by atoms with Gasteiger partial charge in [0.1, 0.15) is 0 Å². The zero-order valence-electron chi connectivity index (χ0n) is 12.5. The summed E-state index contributed by atoms with van der Waals surface area (Å²) < 4.78 is 10.7. The van der Waals surface area contributed by atoms with E-state index in [0.717, 1.165) is 27.7 Å². The van der Waals surface area contributed by atoms with E-state index in [4.69, 9.17) is 9.05 Å². The molecule has 0 aromatic heterocycles. The van der Waals surface area contributed by atoms with Crippen LogP contribution in [0.25, 0.3) is 5.57 Å². The van der Waals surface area contributed by atoms with E-state index in [1.54, 1.807) is 14.2 Å². The molecule has 0 saturated carbocycles. The zero-order valence-corrected chi connectivity index (χ0v) is 13.4. The van der Waals surface area contributed by atoms with Gasteiger partial charge in [-0.15, -0.1) is 0 Å². The van der Waals surface area contributed by atoms with Gasteiger partial charge in [-0.3, -0.25) is 4.79 Å². The standard InChI is InChI=1S/C15H20NO3P/c1-9(2)10(3)14-12-8-11(20(18-4)19-5)6-7-13(12)16-15(14)17/h6-9H,1-5H3,(H,16,17)/b14-10-. The summed E-state index contributed by atoms with van der Waals surface area (Å²) >= 11 is 0.